The lowest BCUT2D eigenvalue weighted by Gasteiger charge is -2.31. The zero-order valence-corrected chi connectivity index (χ0v) is 17.2. The van der Waals surface area contributed by atoms with E-state index in [2.05, 4.69) is 15.2 Å². The number of halogens is 1. The molecule has 6 heteroatoms. The van der Waals surface area contributed by atoms with Crippen LogP contribution in [0, 0.1) is 0 Å². The Morgan fingerprint density at radius 3 is 2.04 bits per heavy atom. The van der Waals surface area contributed by atoms with E-state index in [0.29, 0.717) is 0 Å². The predicted octanol–water partition coefficient (Wildman–Crippen LogP) is 3.57. The van der Waals surface area contributed by atoms with E-state index in [1.807, 2.05) is 35.2 Å². The van der Waals surface area contributed by atoms with Crippen LogP contribution >= 0.6 is 24.0 Å². The normalized spacial score (nSPS) is 18.5. The van der Waals surface area contributed by atoms with Gasteiger partial charge in [-0.25, -0.2) is 4.99 Å². The number of para-hydroxylation sites is 1. The van der Waals surface area contributed by atoms with Crippen molar-refractivity contribution in [2.24, 2.45) is 4.99 Å². The van der Waals surface area contributed by atoms with Gasteiger partial charge in [0.15, 0.2) is 5.96 Å². The number of benzene rings is 1. The summed E-state index contributed by atoms with van der Waals surface area (Å²) in [5, 5.41) is 3.41. The summed E-state index contributed by atoms with van der Waals surface area (Å²) in [6.45, 7) is 4.04. The van der Waals surface area contributed by atoms with Crippen LogP contribution in [0.15, 0.2) is 35.3 Å². The van der Waals surface area contributed by atoms with Crippen LogP contribution in [0.5, 0.6) is 0 Å². The Labute approximate surface area is 167 Å². The van der Waals surface area contributed by atoms with Gasteiger partial charge in [-0.05, 0) is 50.7 Å². The molecule has 2 saturated heterocycles. The van der Waals surface area contributed by atoms with Gasteiger partial charge in [-0.3, -0.25) is 4.79 Å². The molecule has 2 aliphatic heterocycles. The van der Waals surface area contributed by atoms with E-state index in [9.17, 15) is 4.79 Å². The second-order valence-electron chi connectivity index (χ2n) is 6.62. The van der Waals surface area contributed by atoms with E-state index in [4.69, 9.17) is 0 Å². The fraction of sp³-hybridized carbons (Fsp3) is 0.579. The minimum absolute atomic E-state index is 0. The standard InChI is InChI=1S/C19H28N4O.HI/c24-18(22-12-6-2-7-13-22)16-20-19(23-14-8-3-9-15-23)21-17-10-4-1-5-11-17;/h1,4-5,10-11H,2-3,6-9,12-16H2,(H,20,21);1H. The number of nitrogens with zero attached hydrogens (tertiary/aromatic N) is 3. The molecule has 3 rings (SSSR count). The van der Waals surface area contributed by atoms with Crippen molar-refractivity contribution in [1.82, 2.24) is 9.80 Å². The number of rotatable bonds is 3. The Morgan fingerprint density at radius 2 is 1.44 bits per heavy atom. The van der Waals surface area contributed by atoms with Gasteiger partial charge in [-0.2, -0.15) is 0 Å². The molecule has 5 nitrogen and oxygen atoms in total. The fourth-order valence-electron chi connectivity index (χ4n) is 3.36. The van der Waals surface area contributed by atoms with Gasteiger partial charge in [0.1, 0.15) is 6.54 Å². The fourth-order valence-corrected chi connectivity index (χ4v) is 3.36. The van der Waals surface area contributed by atoms with Gasteiger partial charge in [0, 0.05) is 31.9 Å². The van der Waals surface area contributed by atoms with Gasteiger partial charge in [0.25, 0.3) is 0 Å². The quantitative estimate of drug-likeness (QED) is 0.430. The highest BCUT2D eigenvalue weighted by atomic mass is 127. The smallest absolute Gasteiger partial charge is 0.244 e. The molecule has 0 spiro atoms. The maximum Gasteiger partial charge on any atom is 0.244 e. The average molecular weight is 456 g/mol. The number of anilines is 1. The average Bonchev–Trinajstić information content (AvgIpc) is 2.67. The number of hydrogen-bond acceptors (Lipinski definition) is 2. The van der Waals surface area contributed by atoms with E-state index in [-0.39, 0.29) is 36.4 Å². The molecule has 0 atom stereocenters. The zero-order valence-electron chi connectivity index (χ0n) is 14.8. The van der Waals surface area contributed by atoms with Crippen LogP contribution in [0.25, 0.3) is 0 Å². The Bertz CT molecular complexity index is 552. The molecule has 0 aliphatic carbocycles. The number of amides is 1. The SMILES string of the molecule is I.O=C(CN=C(Nc1ccccc1)N1CCCCC1)N1CCCCC1. The van der Waals surface area contributed by atoms with E-state index in [0.717, 1.165) is 50.7 Å². The lowest BCUT2D eigenvalue weighted by Crippen LogP contribution is -2.42. The van der Waals surface area contributed by atoms with E-state index >= 15 is 0 Å². The minimum atomic E-state index is 0. The molecule has 2 aliphatic rings. The minimum Gasteiger partial charge on any atom is -0.343 e. The van der Waals surface area contributed by atoms with Crippen molar-refractivity contribution in [1.29, 1.82) is 0 Å². The molecular formula is C19H29IN4O. The Hall–Kier alpha value is -1.31. The number of aliphatic imine (C=N–C) groups is 1. The number of nitrogens with one attached hydrogen (secondary N) is 1. The van der Waals surface area contributed by atoms with Crippen LogP contribution in [-0.2, 0) is 4.79 Å². The van der Waals surface area contributed by atoms with Crippen LogP contribution in [0.4, 0.5) is 5.69 Å². The summed E-state index contributed by atoms with van der Waals surface area (Å²) in [5.41, 5.74) is 1.02. The van der Waals surface area contributed by atoms with Crippen LogP contribution in [0.2, 0.25) is 0 Å². The van der Waals surface area contributed by atoms with Gasteiger partial charge in [0.2, 0.25) is 5.91 Å². The third kappa shape index (κ3) is 6.17. The molecule has 138 valence electrons. The molecule has 2 heterocycles. The zero-order chi connectivity index (χ0) is 16.6. The number of guanidine groups is 1. The molecule has 0 bridgehead atoms. The first kappa shape index (κ1) is 20.0. The number of hydrogen-bond donors (Lipinski definition) is 1. The van der Waals surface area contributed by atoms with Crippen LogP contribution in [0.3, 0.4) is 0 Å². The maximum atomic E-state index is 12.4. The van der Waals surface area contributed by atoms with Crippen molar-refractivity contribution in [3.63, 3.8) is 0 Å². The summed E-state index contributed by atoms with van der Waals surface area (Å²) in [6.07, 6.45) is 7.14. The summed E-state index contributed by atoms with van der Waals surface area (Å²) in [6, 6.07) is 10.1. The highest BCUT2D eigenvalue weighted by Gasteiger charge is 2.18. The van der Waals surface area contributed by atoms with Crippen molar-refractivity contribution in [3.8, 4) is 0 Å². The third-order valence-electron chi connectivity index (χ3n) is 4.76. The summed E-state index contributed by atoms with van der Waals surface area (Å²) >= 11 is 0. The summed E-state index contributed by atoms with van der Waals surface area (Å²) in [5.74, 6) is 0.991. The van der Waals surface area contributed by atoms with Crippen molar-refractivity contribution >= 4 is 41.5 Å². The molecule has 1 N–H and O–H groups in total. The third-order valence-corrected chi connectivity index (χ3v) is 4.76. The maximum absolute atomic E-state index is 12.4. The molecular weight excluding hydrogens is 427 g/mol. The van der Waals surface area contributed by atoms with Crippen molar-refractivity contribution < 1.29 is 4.79 Å². The highest BCUT2D eigenvalue weighted by Crippen LogP contribution is 2.13. The van der Waals surface area contributed by atoms with E-state index in [1.54, 1.807) is 0 Å². The first-order chi connectivity index (χ1) is 11.8. The predicted molar refractivity (Wildman–Crippen MR) is 114 cm³/mol. The van der Waals surface area contributed by atoms with Crippen LogP contribution < -0.4 is 5.32 Å². The molecule has 0 aromatic heterocycles. The van der Waals surface area contributed by atoms with Gasteiger partial charge in [-0.15, -0.1) is 24.0 Å². The number of carbonyl (C=O) groups is 1. The molecule has 25 heavy (non-hydrogen) atoms. The first-order valence-electron chi connectivity index (χ1n) is 9.22. The number of likely N-dealkylation sites (tertiary alicyclic amines) is 2. The van der Waals surface area contributed by atoms with E-state index < -0.39 is 0 Å². The monoisotopic (exact) mass is 456 g/mol. The lowest BCUT2D eigenvalue weighted by atomic mass is 10.1. The second-order valence-corrected chi connectivity index (χ2v) is 6.62. The van der Waals surface area contributed by atoms with E-state index in [1.165, 1.54) is 25.7 Å². The molecule has 1 aromatic carbocycles. The van der Waals surface area contributed by atoms with Crippen molar-refractivity contribution in [2.75, 3.05) is 38.0 Å². The molecule has 0 radical (unpaired) electrons. The first-order valence-corrected chi connectivity index (χ1v) is 9.22. The van der Waals surface area contributed by atoms with Gasteiger partial charge >= 0.3 is 0 Å². The molecule has 1 amide bonds. The van der Waals surface area contributed by atoms with Gasteiger partial charge < -0.3 is 15.1 Å². The Balaban J connectivity index is 0.00000225. The Morgan fingerprint density at radius 1 is 0.880 bits per heavy atom. The molecule has 1 aromatic rings. The Kier molecular flexibility index (Phi) is 8.51. The lowest BCUT2D eigenvalue weighted by molar-refractivity contribution is -0.130. The molecule has 0 saturated carbocycles. The molecule has 0 unspecified atom stereocenters. The number of piperidine rings is 2. The highest BCUT2D eigenvalue weighted by molar-refractivity contribution is 14.0. The van der Waals surface area contributed by atoms with Gasteiger partial charge in [-0.1, -0.05) is 18.2 Å². The number of carbonyl (C=O) groups excluding carboxylic acids is 1. The summed E-state index contributed by atoms with van der Waals surface area (Å²) < 4.78 is 0. The summed E-state index contributed by atoms with van der Waals surface area (Å²) in [4.78, 5) is 21.3. The summed E-state index contributed by atoms with van der Waals surface area (Å²) in [7, 11) is 0. The largest absolute Gasteiger partial charge is 0.343 e. The van der Waals surface area contributed by atoms with Crippen molar-refractivity contribution in [3.05, 3.63) is 30.3 Å². The molecule has 2 fully saturated rings. The second kappa shape index (κ2) is 10.6. The topological polar surface area (TPSA) is 47.9 Å². The van der Waals surface area contributed by atoms with Crippen LogP contribution in [0.1, 0.15) is 38.5 Å². The van der Waals surface area contributed by atoms with Gasteiger partial charge in [0.05, 0.1) is 0 Å². The van der Waals surface area contributed by atoms with Crippen molar-refractivity contribution in [2.45, 2.75) is 38.5 Å². The van der Waals surface area contributed by atoms with Crippen LogP contribution in [-0.4, -0.2) is 54.4 Å².